The van der Waals surface area contributed by atoms with Gasteiger partial charge in [-0.2, -0.15) is 5.10 Å². The molecule has 194 valence electrons. The van der Waals surface area contributed by atoms with Crippen molar-refractivity contribution in [2.24, 2.45) is 0 Å². The van der Waals surface area contributed by atoms with Crippen molar-refractivity contribution in [2.75, 3.05) is 18.5 Å². The number of hydrogen-bond acceptors (Lipinski definition) is 7. The number of amides is 2. The van der Waals surface area contributed by atoms with E-state index in [1.165, 1.54) is 18.3 Å². The molecule has 2 N–H and O–H groups in total. The second-order valence-corrected chi connectivity index (χ2v) is 10.7. The molecule has 1 fully saturated rings. The van der Waals surface area contributed by atoms with Crippen LogP contribution in [0.5, 0.6) is 0 Å². The van der Waals surface area contributed by atoms with Crippen molar-refractivity contribution in [3.8, 4) is 27.5 Å². The highest BCUT2D eigenvalue weighted by Gasteiger charge is 2.30. The first-order valence-electron chi connectivity index (χ1n) is 12.5. The van der Waals surface area contributed by atoms with Gasteiger partial charge >= 0.3 is 0 Å². The number of rotatable bonds is 5. The predicted octanol–water partition coefficient (Wildman–Crippen LogP) is 4.68. The molecule has 0 bridgehead atoms. The third kappa shape index (κ3) is 4.70. The number of halogens is 1. The molecule has 3 aromatic heterocycles. The molecular weight excluding hydrogens is 524 g/mol. The van der Waals surface area contributed by atoms with Crippen LogP contribution in [0.3, 0.4) is 0 Å². The summed E-state index contributed by atoms with van der Waals surface area (Å²) in [5.74, 6) is -0.327. The van der Waals surface area contributed by atoms with E-state index in [0.717, 1.165) is 58.8 Å². The van der Waals surface area contributed by atoms with Crippen LogP contribution in [0.4, 0.5) is 5.13 Å². The molecule has 2 aliphatic rings. The first-order chi connectivity index (χ1) is 18.5. The Balaban J connectivity index is 1.42. The standard InChI is InChI=1S/C27H25ClN6O3S/c1-15(35)30-27-32-21-6-5-19-23(17-3-2-10-29-14-17)33-34(24(19)25(21)38-27)22-7-4-16(13-20(22)28)26(36)31-18-8-11-37-12-9-18/h2-4,7,10,13-14,18H,5-6,8-9,11-12H2,1H3,(H,31,36)(H,30,32,35). The summed E-state index contributed by atoms with van der Waals surface area (Å²) in [6.07, 6.45) is 6.59. The van der Waals surface area contributed by atoms with Crippen LogP contribution < -0.4 is 10.6 Å². The van der Waals surface area contributed by atoms with Crippen LogP contribution in [0, 0.1) is 0 Å². The van der Waals surface area contributed by atoms with Gasteiger partial charge in [0, 0.05) is 55.3 Å². The number of carbonyl (C=O) groups is 2. The van der Waals surface area contributed by atoms with E-state index in [9.17, 15) is 9.59 Å². The third-order valence-corrected chi connectivity index (χ3v) is 8.04. The Morgan fingerprint density at radius 2 is 2.03 bits per heavy atom. The summed E-state index contributed by atoms with van der Waals surface area (Å²) in [4.78, 5) is 34.5. The third-order valence-electron chi connectivity index (χ3n) is 6.72. The number of aromatic nitrogens is 4. The Morgan fingerprint density at radius 1 is 1.18 bits per heavy atom. The molecule has 4 aromatic rings. The molecule has 2 amide bonds. The van der Waals surface area contributed by atoms with Crippen molar-refractivity contribution in [3.63, 3.8) is 0 Å². The number of pyridine rings is 1. The largest absolute Gasteiger partial charge is 0.381 e. The summed E-state index contributed by atoms with van der Waals surface area (Å²) in [6.45, 7) is 2.77. The first-order valence-corrected chi connectivity index (χ1v) is 13.7. The fourth-order valence-corrected chi connectivity index (χ4v) is 6.29. The zero-order chi connectivity index (χ0) is 26.2. The second kappa shape index (κ2) is 10.3. The Bertz CT molecular complexity index is 1530. The van der Waals surface area contributed by atoms with Crippen LogP contribution in [-0.4, -0.2) is 50.8 Å². The van der Waals surface area contributed by atoms with Gasteiger partial charge in [-0.25, -0.2) is 9.67 Å². The zero-order valence-electron chi connectivity index (χ0n) is 20.7. The van der Waals surface area contributed by atoms with Crippen LogP contribution in [0.1, 0.15) is 41.4 Å². The number of nitrogens with one attached hydrogen (secondary N) is 2. The summed E-state index contributed by atoms with van der Waals surface area (Å²) in [7, 11) is 0. The summed E-state index contributed by atoms with van der Waals surface area (Å²) in [5.41, 5.74) is 5.75. The van der Waals surface area contributed by atoms with Crippen molar-refractivity contribution in [3.05, 3.63) is 64.6 Å². The van der Waals surface area contributed by atoms with E-state index in [1.807, 2.05) is 22.9 Å². The number of anilines is 1. The SMILES string of the molecule is CC(=O)Nc1nc2c(s1)-c1c(c(-c3cccnc3)nn1-c1ccc(C(=O)NC3CCOCC3)cc1Cl)CC2. The first kappa shape index (κ1) is 24.7. The smallest absolute Gasteiger partial charge is 0.251 e. The number of aryl methyl sites for hydroxylation is 1. The molecule has 9 nitrogen and oxygen atoms in total. The molecule has 6 rings (SSSR count). The molecule has 0 saturated carbocycles. The highest BCUT2D eigenvalue weighted by atomic mass is 35.5. The van der Waals surface area contributed by atoms with Crippen molar-refractivity contribution in [1.29, 1.82) is 0 Å². The predicted molar refractivity (Wildman–Crippen MR) is 146 cm³/mol. The van der Waals surface area contributed by atoms with Gasteiger partial charge < -0.3 is 15.4 Å². The van der Waals surface area contributed by atoms with Gasteiger partial charge in [-0.3, -0.25) is 14.6 Å². The molecule has 0 spiro atoms. The maximum absolute atomic E-state index is 12.9. The number of carbonyl (C=O) groups excluding carboxylic acids is 2. The van der Waals surface area contributed by atoms with Gasteiger partial charge in [0.15, 0.2) is 5.13 Å². The monoisotopic (exact) mass is 548 g/mol. The Kier molecular flexibility index (Phi) is 6.69. The van der Waals surface area contributed by atoms with E-state index < -0.39 is 0 Å². The number of thiazole rings is 1. The van der Waals surface area contributed by atoms with Crippen LogP contribution in [0.25, 0.3) is 27.5 Å². The fourth-order valence-electron chi connectivity index (χ4n) is 4.91. The Morgan fingerprint density at radius 3 is 2.76 bits per heavy atom. The van der Waals surface area contributed by atoms with Gasteiger partial charge in [0.25, 0.3) is 5.91 Å². The average molecular weight is 549 g/mol. The van der Waals surface area contributed by atoms with E-state index in [4.69, 9.17) is 21.4 Å². The summed E-state index contributed by atoms with van der Waals surface area (Å²) in [5, 5.41) is 11.8. The number of hydrogen-bond donors (Lipinski definition) is 2. The Labute approximate surface area is 228 Å². The van der Waals surface area contributed by atoms with Crippen LogP contribution in [0.15, 0.2) is 42.7 Å². The molecule has 0 radical (unpaired) electrons. The van der Waals surface area contributed by atoms with E-state index in [1.54, 1.807) is 24.5 Å². The Hall–Kier alpha value is -3.60. The lowest BCUT2D eigenvalue weighted by Gasteiger charge is -2.23. The molecule has 1 aromatic carbocycles. The fraction of sp³-hybridized carbons (Fsp3) is 0.296. The highest BCUT2D eigenvalue weighted by Crippen LogP contribution is 2.44. The molecule has 1 aliphatic heterocycles. The van der Waals surface area contributed by atoms with E-state index in [-0.39, 0.29) is 17.9 Å². The number of fused-ring (bicyclic) bond motifs is 3. The van der Waals surface area contributed by atoms with Gasteiger partial charge in [0.2, 0.25) is 5.91 Å². The number of ether oxygens (including phenoxy) is 1. The molecule has 38 heavy (non-hydrogen) atoms. The normalized spacial score (nSPS) is 15.0. The lowest BCUT2D eigenvalue weighted by atomic mass is 9.95. The zero-order valence-corrected chi connectivity index (χ0v) is 22.2. The van der Waals surface area contributed by atoms with Crippen molar-refractivity contribution in [2.45, 2.75) is 38.6 Å². The summed E-state index contributed by atoms with van der Waals surface area (Å²) >= 11 is 8.23. The molecular formula is C27H25ClN6O3S. The average Bonchev–Trinajstić information content (AvgIpc) is 3.50. The minimum absolute atomic E-state index is 0.0948. The van der Waals surface area contributed by atoms with E-state index in [2.05, 4.69) is 20.6 Å². The lowest BCUT2D eigenvalue weighted by Crippen LogP contribution is -2.38. The molecule has 11 heteroatoms. The van der Waals surface area contributed by atoms with Crippen molar-refractivity contribution in [1.82, 2.24) is 25.1 Å². The minimum atomic E-state index is -0.168. The van der Waals surface area contributed by atoms with Crippen LogP contribution >= 0.6 is 22.9 Å². The molecule has 0 unspecified atom stereocenters. The van der Waals surface area contributed by atoms with Gasteiger partial charge in [-0.15, -0.1) is 0 Å². The molecule has 1 saturated heterocycles. The van der Waals surface area contributed by atoms with Crippen molar-refractivity contribution < 1.29 is 14.3 Å². The van der Waals surface area contributed by atoms with Gasteiger partial charge in [-0.05, 0) is 56.0 Å². The topological polar surface area (TPSA) is 111 Å². The highest BCUT2D eigenvalue weighted by molar-refractivity contribution is 7.19. The van der Waals surface area contributed by atoms with Crippen LogP contribution in [0.2, 0.25) is 5.02 Å². The molecule has 1 aliphatic carbocycles. The number of benzene rings is 1. The minimum Gasteiger partial charge on any atom is -0.381 e. The maximum atomic E-state index is 12.9. The van der Waals surface area contributed by atoms with Crippen molar-refractivity contribution >= 4 is 39.9 Å². The second-order valence-electron chi connectivity index (χ2n) is 9.33. The summed E-state index contributed by atoms with van der Waals surface area (Å²) in [6, 6.07) is 9.24. The quantitative estimate of drug-likeness (QED) is 0.375. The van der Waals surface area contributed by atoms with Crippen LogP contribution in [-0.2, 0) is 22.4 Å². The molecule has 0 atom stereocenters. The molecule has 4 heterocycles. The maximum Gasteiger partial charge on any atom is 0.251 e. The number of nitrogens with zero attached hydrogens (tertiary/aromatic N) is 4. The summed E-state index contributed by atoms with van der Waals surface area (Å²) < 4.78 is 7.21. The van der Waals surface area contributed by atoms with Gasteiger partial charge in [0.1, 0.15) is 0 Å². The van der Waals surface area contributed by atoms with Gasteiger partial charge in [-0.1, -0.05) is 22.9 Å². The lowest BCUT2D eigenvalue weighted by molar-refractivity contribution is -0.114. The van der Waals surface area contributed by atoms with E-state index in [0.29, 0.717) is 34.6 Å². The van der Waals surface area contributed by atoms with E-state index >= 15 is 0 Å². The van der Waals surface area contributed by atoms with Gasteiger partial charge in [0.05, 0.1) is 32.7 Å².